The van der Waals surface area contributed by atoms with Crippen LogP contribution in [0.15, 0.2) is 11.1 Å². The van der Waals surface area contributed by atoms with Gasteiger partial charge in [0.05, 0.1) is 6.10 Å². The summed E-state index contributed by atoms with van der Waals surface area (Å²) in [6.07, 6.45) is 13.5. The molecule has 0 saturated heterocycles. The van der Waals surface area contributed by atoms with E-state index in [9.17, 15) is 5.11 Å². The van der Waals surface area contributed by atoms with Crippen molar-refractivity contribution in [3.05, 3.63) is 11.1 Å². The second-order valence-corrected chi connectivity index (χ2v) is 7.89. The van der Waals surface area contributed by atoms with Crippen molar-refractivity contribution in [2.45, 2.75) is 77.2 Å². The van der Waals surface area contributed by atoms with E-state index in [1.165, 1.54) is 57.8 Å². The molecular formula is C18H28O. The molecule has 19 heavy (non-hydrogen) atoms. The fourth-order valence-corrected chi connectivity index (χ4v) is 6.16. The maximum atomic E-state index is 10.4. The van der Waals surface area contributed by atoms with Crippen molar-refractivity contribution in [2.24, 2.45) is 23.2 Å². The zero-order valence-corrected chi connectivity index (χ0v) is 12.3. The van der Waals surface area contributed by atoms with Crippen LogP contribution in [-0.4, -0.2) is 11.2 Å². The first-order valence-corrected chi connectivity index (χ1v) is 8.59. The summed E-state index contributed by atoms with van der Waals surface area (Å²) in [5.74, 6) is 2.64. The lowest BCUT2D eigenvalue weighted by atomic mass is 9.54. The largest absolute Gasteiger partial charge is 0.393 e. The van der Waals surface area contributed by atoms with Gasteiger partial charge in [0, 0.05) is 0 Å². The normalized spacial score (nSPS) is 49.6. The average Bonchev–Trinajstić information content (AvgIpc) is 2.75. The minimum Gasteiger partial charge on any atom is -0.393 e. The molecule has 106 valence electrons. The highest BCUT2D eigenvalue weighted by atomic mass is 16.3. The molecule has 0 aromatic rings. The molecule has 1 nitrogen and oxygen atoms in total. The van der Waals surface area contributed by atoms with E-state index in [2.05, 4.69) is 6.92 Å². The van der Waals surface area contributed by atoms with Crippen LogP contribution < -0.4 is 0 Å². The molecule has 4 aliphatic carbocycles. The van der Waals surface area contributed by atoms with Crippen LogP contribution in [0.4, 0.5) is 0 Å². The van der Waals surface area contributed by atoms with Gasteiger partial charge in [0.2, 0.25) is 0 Å². The van der Waals surface area contributed by atoms with Gasteiger partial charge < -0.3 is 5.11 Å². The van der Waals surface area contributed by atoms with Gasteiger partial charge in [-0.2, -0.15) is 0 Å². The third-order valence-electron chi connectivity index (χ3n) is 7.24. The van der Waals surface area contributed by atoms with Gasteiger partial charge in [-0.25, -0.2) is 0 Å². The minimum absolute atomic E-state index is 0.0137. The van der Waals surface area contributed by atoms with Gasteiger partial charge in [0.1, 0.15) is 0 Å². The van der Waals surface area contributed by atoms with E-state index in [1.807, 2.05) is 11.1 Å². The number of hydrogen-bond donors (Lipinski definition) is 1. The molecule has 2 saturated carbocycles. The quantitative estimate of drug-likeness (QED) is 0.638. The van der Waals surface area contributed by atoms with E-state index in [0.29, 0.717) is 0 Å². The lowest BCUT2D eigenvalue weighted by Crippen LogP contribution is -2.45. The fourth-order valence-electron chi connectivity index (χ4n) is 6.16. The monoisotopic (exact) mass is 260 g/mol. The Kier molecular flexibility index (Phi) is 2.85. The van der Waals surface area contributed by atoms with Gasteiger partial charge in [-0.1, -0.05) is 18.1 Å². The Hall–Kier alpha value is -0.300. The molecular weight excluding hydrogens is 232 g/mol. The van der Waals surface area contributed by atoms with Crippen molar-refractivity contribution < 1.29 is 5.11 Å². The predicted octanol–water partition coefficient (Wildman–Crippen LogP) is 4.45. The highest BCUT2D eigenvalue weighted by molar-refractivity contribution is 5.26. The Morgan fingerprint density at radius 3 is 2.74 bits per heavy atom. The lowest BCUT2D eigenvalue weighted by molar-refractivity contribution is -0.0316. The molecule has 0 spiro atoms. The number of rotatable bonds is 0. The molecule has 0 aromatic heterocycles. The number of allylic oxidation sites excluding steroid dienone is 2. The van der Waals surface area contributed by atoms with Crippen molar-refractivity contribution in [1.82, 2.24) is 0 Å². The van der Waals surface area contributed by atoms with Crippen LogP contribution in [0.5, 0.6) is 0 Å². The van der Waals surface area contributed by atoms with Crippen LogP contribution in [0.25, 0.3) is 0 Å². The Bertz CT molecular complexity index is 410. The first kappa shape index (κ1) is 12.4. The SMILES string of the molecule is C[C@]12CC[C@@H]3C4=C(CCCC4)CC[C@H]3[C@@H]1CC[C@@H]2O. The fraction of sp³-hybridized carbons (Fsp3) is 0.889. The molecule has 4 aliphatic rings. The molecule has 0 bridgehead atoms. The van der Waals surface area contributed by atoms with Crippen LogP contribution in [0.3, 0.4) is 0 Å². The molecule has 0 aliphatic heterocycles. The summed E-state index contributed by atoms with van der Waals surface area (Å²) in [6, 6.07) is 0. The number of hydrogen-bond acceptors (Lipinski definition) is 1. The first-order valence-electron chi connectivity index (χ1n) is 8.59. The van der Waals surface area contributed by atoms with Gasteiger partial charge in [-0.05, 0) is 87.4 Å². The molecule has 0 heterocycles. The van der Waals surface area contributed by atoms with Crippen molar-refractivity contribution >= 4 is 0 Å². The van der Waals surface area contributed by atoms with Gasteiger partial charge in [0.15, 0.2) is 0 Å². The van der Waals surface area contributed by atoms with Crippen molar-refractivity contribution in [2.75, 3.05) is 0 Å². The molecule has 0 unspecified atom stereocenters. The van der Waals surface area contributed by atoms with Crippen LogP contribution in [0, 0.1) is 23.2 Å². The number of aliphatic hydroxyl groups excluding tert-OH is 1. The standard InChI is InChI=1S/C18H28O/c1-18-11-10-14-13-5-3-2-4-12(13)6-7-15(14)16(18)8-9-17(18)19/h14-17,19H,2-11H2,1H3/t14-,15-,16+,17+,18+/m1/s1. The predicted molar refractivity (Wildman–Crippen MR) is 77.8 cm³/mol. The topological polar surface area (TPSA) is 20.2 Å². The lowest BCUT2D eigenvalue weighted by Gasteiger charge is -2.51. The van der Waals surface area contributed by atoms with E-state index >= 15 is 0 Å². The van der Waals surface area contributed by atoms with Crippen molar-refractivity contribution in [1.29, 1.82) is 0 Å². The van der Waals surface area contributed by atoms with Crippen LogP contribution in [-0.2, 0) is 0 Å². The van der Waals surface area contributed by atoms with E-state index < -0.39 is 0 Å². The van der Waals surface area contributed by atoms with Crippen LogP contribution in [0.2, 0.25) is 0 Å². The first-order chi connectivity index (χ1) is 9.20. The molecule has 0 radical (unpaired) electrons. The zero-order chi connectivity index (χ0) is 13.0. The number of aliphatic hydroxyl groups is 1. The summed E-state index contributed by atoms with van der Waals surface area (Å²) >= 11 is 0. The summed E-state index contributed by atoms with van der Waals surface area (Å²) in [6.45, 7) is 2.39. The van der Waals surface area contributed by atoms with Crippen LogP contribution in [0.1, 0.15) is 71.1 Å². The minimum atomic E-state index is -0.0137. The van der Waals surface area contributed by atoms with Crippen molar-refractivity contribution in [3.63, 3.8) is 0 Å². The van der Waals surface area contributed by atoms with Crippen LogP contribution >= 0.6 is 0 Å². The van der Waals surface area contributed by atoms with E-state index in [-0.39, 0.29) is 11.5 Å². The molecule has 1 N–H and O–H groups in total. The summed E-state index contributed by atoms with van der Waals surface area (Å²) in [7, 11) is 0. The van der Waals surface area contributed by atoms with E-state index in [1.54, 1.807) is 0 Å². The second-order valence-electron chi connectivity index (χ2n) is 7.89. The molecule has 0 aromatic carbocycles. The third-order valence-corrected chi connectivity index (χ3v) is 7.24. The van der Waals surface area contributed by atoms with Gasteiger partial charge in [-0.3, -0.25) is 0 Å². The maximum absolute atomic E-state index is 10.4. The van der Waals surface area contributed by atoms with E-state index in [0.717, 1.165) is 24.2 Å². The average molecular weight is 260 g/mol. The summed E-state index contributed by atoms with van der Waals surface area (Å²) in [4.78, 5) is 0. The molecule has 5 atom stereocenters. The zero-order valence-electron chi connectivity index (χ0n) is 12.3. The Morgan fingerprint density at radius 2 is 1.84 bits per heavy atom. The summed E-state index contributed by atoms with van der Waals surface area (Å²) < 4.78 is 0. The maximum Gasteiger partial charge on any atom is 0.0596 e. The Morgan fingerprint density at radius 1 is 1.00 bits per heavy atom. The van der Waals surface area contributed by atoms with Crippen molar-refractivity contribution in [3.8, 4) is 0 Å². The third kappa shape index (κ3) is 1.70. The van der Waals surface area contributed by atoms with Gasteiger partial charge in [0.25, 0.3) is 0 Å². The smallest absolute Gasteiger partial charge is 0.0596 e. The highest BCUT2D eigenvalue weighted by Gasteiger charge is 2.54. The Balaban J connectivity index is 1.66. The molecule has 4 rings (SSSR count). The molecule has 0 amide bonds. The summed E-state index contributed by atoms with van der Waals surface area (Å²) in [5, 5.41) is 10.4. The Labute approximate surface area is 117 Å². The van der Waals surface area contributed by atoms with E-state index in [4.69, 9.17) is 0 Å². The van der Waals surface area contributed by atoms with Gasteiger partial charge in [-0.15, -0.1) is 0 Å². The highest BCUT2D eigenvalue weighted by Crippen LogP contribution is 2.61. The molecule has 2 fully saturated rings. The molecule has 1 heteroatoms. The second kappa shape index (κ2) is 4.35. The summed E-state index contributed by atoms with van der Waals surface area (Å²) in [5.41, 5.74) is 4.01. The van der Waals surface area contributed by atoms with Gasteiger partial charge >= 0.3 is 0 Å². The number of fused-ring (bicyclic) bond motifs is 4.